The molecule has 1 aromatic carbocycles. The molecule has 5 nitrogen and oxygen atoms in total. The zero-order chi connectivity index (χ0) is 19.3. The number of hydrogen-bond acceptors (Lipinski definition) is 4. The van der Waals surface area contributed by atoms with Gasteiger partial charge in [0.1, 0.15) is 17.7 Å². The molecule has 4 rings (SSSR count). The standard InChI is InChI=1S/C17H11ClF4N4O/c18-9-3-1-2-4-12(9)26-15-8(5-6-13(24-15)17(20,21)22)14(25-16(26)27)23-11-7-10(11)19/h1-6,10-11H,7H2,(H,23,25,27)/t10-,11-/m0/s1. The molecule has 0 amide bonds. The van der Waals surface area contributed by atoms with E-state index in [1.807, 2.05) is 0 Å². The molecule has 1 N–H and O–H groups in total. The van der Waals surface area contributed by atoms with Gasteiger partial charge in [0.2, 0.25) is 0 Å². The van der Waals surface area contributed by atoms with Crippen LogP contribution >= 0.6 is 11.6 Å². The summed E-state index contributed by atoms with van der Waals surface area (Å²) < 4.78 is 53.6. The van der Waals surface area contributed by atoms with E-state index in [1.54, 1.807) is 12.1 Å². The summed E-state index contributed by atoms with van der Waals surface area (Å²) in [5.74, 6) is -0.00956. The van der Waals surface area contributed by atoms with Gasteiger partial charge in [0, 0.05) is 6.42 Å². The van der Waals surface area contributed by atoms with Gasteiger partial charge in [-0.1, -0.05) is 23.7 Å². The molecule has 0 unspecified atom stereocenters. The molecule has 2 heterocycles. The van der Waals surface area contributed by atoms with Crippen LogP contribution in [-0.4, -0.2) is 26.7 Å². The third kappa shape index (κ3) is 3.23. The fraction of sp³-hybridized carbons (Fsp3) is 0.235. The second kappa shape index (κ2) is 6.19. The van der Waals surface area contributed by atoms with Crippen LogP contribution in [0.3, 0.4) is 0 Å². The van der Waals surface area contributed by atoms with Crippen molar-refractivity contribution in [3.8, 4) is 5.69 Å². The molecular weight excluding hydrogens is 388 g/mol. The quantitative estimate of drug-likeness (QED) is 0.678. The van der Waals surface area contributed by atoms with Crippen molar-refractivity contribution in [2.45, 2.75) is 24.8 Å². The average molecular weight is 399 g/mol. The Morgan fingerprint density at radius 1 is 1.15 bits per heavy atom. The number of pyridine rings is 1. The number of nitrogens with one attached hydrogen (secondary N) is 1. The van der Waals surface area contributed by atoms with Crippen LogP contribution in [0.25, 0.3) is 16.7 Å². The lowest BCUT2D eigenvalue weighted by molar-refractivity contribution is -0.141. The molecular formula is C17H11ClF4N4O. The maximum atomic E-state index is 13.2. The lowest BCUT2D eigenvalue weighted by Gasteiger charge is -2.15. The summed E-state index contributed by atoms with van der Waals surface area (Å²) in [5, 5.41) is 3.05. The van der Waals surface area contributed by atoms with Gasteiger partial charge >= 0.3 is 11.9 Å². The predicted octanol–water partition coefficient (Wildman–Crippen LogP) is 3.98. The molecule has 0 spiro atoms. The summed E-state index contributed by atoms with van der Waals surface area (Å²) in [6, 6.07) is 7.58. The lowest BCUT2D eigenvalue weighted by Crippen LogP contribution is -2.25. The zero-order valence-corrected chi connectivity index (χ0v) is 14.2. The Morgan fingerprint density at radius 2 is 1.85 bits per heavy atom. The minimum absolute atomic E-state index is 0.00956. The fourth-order valence-electron chi connectivity index (χ4n) is 2.71. The number of fused-ring (bicyclic) bond motifs is 1. The van der Waals surface area contributed by atoms with Gasteiger partial charge in [-0.05, 0) is 24.3 Å². The second-order valence-corrected chi connectivity index (χ2v) is 6.50. The molecule has 1 aliphatic carbocycles. The third-order valence-electron chi connectivity index (χ3n) is 4.16. The normalized spacial score (nSPS) is 19.3. The molecule has 2 aromatic heterocycles. The molecule has 1 fully saturated rings. The molecule has 2 atom stereocenters. The number of aromatic nitrogens is 3. The first-order chi connectivity index (χ1) is 12.8. The monoisotopic (exact) mass is 398 g/mol. The number of rotatable bonds is 3. The smallest absolute Gasteiger partial charge is 0.364 e. The highest BCUT2D eigenvalue weighted by molar-refractivity contribution is 6.32. The van der Waals surface area contributed by atoms with E-state index in [4.69, 9.17) is 11.6 Å². The second-order valence-electron chi connectivity index (χ2n) is 6.10. The first-order valence-electron chi connectivity index (χ1n) is 7.92. The number of alkyl halides is 4. The molecule has 27 heavy (non-hydrogen) atoms. The van der Waals surface area contributed by atoms with Crippen LogP contribution in [0.2, 0.25) is 5.02 Å². The summed E-state index contributed by atoms with van der Waals surface area (Å²) >= 11 is 6.11. The number of hydrogen-bond donors (Lipinski definition) is 1. The van der Waals surface area contributed by atoms with Gasteiger partial charge in [0.05, 0.1) is 22.1 Å². The van der Waals surface area contributed by atoms with Crippen molar-refractivity contribution in [1.29, 1.82) is 0 Å². The average Bonchev–Trinajstić information content (AvgIpc) is 3.30. The first-order valence-corrected chi connectivity index (χ1v) is 8.30. The molecule has 1 aliphatic rings. The molecule has 3 aromatic rings. The van der Waals surface area contributed by atoms with Crippen LogP contribution in [0.15, 0.2) is 41.2 Å². The molecule has 0 saturated heterocycles. The molecule has 140 valence electrons. The van der Waals surface area contributed by atoms with E-state index in [-0.39, 0.29) is 34.0 Å². The summed E-state index contributed by atoms with van der Waals surface area (Å²) in [7, 11) is 0. The van der Waals surface area contributed by atoms with E-state index in [0.29, 0.717) is 0 Å². The van der Waals surface area contributed by atoms with E-state index >= 15 is 0 Å². The fourth-order valence-corrected chi connectivity index (χ4v) is 2.93. The van der Waals surface area contributed by atoms with Crippen molar-refractivity contribution in [2.75, 3.05) is 5.32 Å². The topological polar surface area (TPSA) is 59.8 Å². The Morgan fingerprint density at radius 3 is 2.48 bits per heavy atom. The van der Waals surface area contributed by atoms with E-state index in [0.717, 1.165) is 16.7 Å². The Labute approximate surface area is 154 Å². The van der Waals surface area contributed by atoms with Gasteiger partial charge in [0.15, 0.2) is 5.65 Å². The highest BCUT2D eigenvalue weighted by Crippen LogP contribution is 2.34. The van der Waals surface area contributed by atoms with Crippen molar-refractivity contribution in [2.24, 2.45) is 0 Å². The Bertz CT molecular complexity index is 1100. The summed E-state index contributed by atoms with van der Waals surface area (Å²) in [4.78, 5) is 20.1. The van der Waals surface area contributed by atoms with E-state index < -0.39 is 29.8 Å². The lowest BCUT2D eigenvalue weighted by atomic mass is 10.2. The van der Waals surface area contributed by atoms with Gasteiger partial charge in [-0.3, -0.25) is 0 Å². The number of halogens is 5. The Kier molecular flexibility index (Phi) is 4.06. The first kappa shape index (κ1) is 17.7. The number of anilines is 1. The maximum Gasteiger partial charge on any atom is 0.433 e. The molecule has 0 radical (unpaired) electrons. The molecule has 0 bridgehead atoms. The van der Waals surface area contributed by atoms with Crippen molar-refractivity contribution >= 4 is 28.5 Å². The van der Waals surface area contributed by atoms with Gasteiger partial charge in [-0.25, -0.2) is 18.7 Å². The van der Waals surface area contributed by atoms with Crippen LogP contribution in [-0.2, 0) is 6.18 Å². The number of benzene rings is 1. The van der Waals surface area contributed by atoms with Crippen molar-refractivity contribution in [3.63, 3.8) is 0 Å². The van der Waals surface area contributed by atoms with Gasteiger partial charge < -0.3 is 5.32 Å². The summed E-state index contributed by atoms with van der Waals surface area (Å²) in [6.07, 6.45) is -5.55. The minimum Gasteiger partial charge on any atom is -0.364 e. The van der Waals surface area contributed by atoms with E-state index in [1.165, 1.54) is 12.1 Å². The Balaban J connectivity index is 2.01. The van der Waals surface area contributed by atoms with Crippen molar-refractivity contribution in [3.05, 3.63) is 57.6 Å². The molecule has 0 aliphatic heterocycles. The third-order valence-corrected chi connectivity index (χ3v) is 4.48. The van der Waals surface area contributed by atoms with Gasteiger partial charge in [-0.15, -0.1) is 0 Å². The zero-order valence-electron chi connectivity index (χ0n) is 13.5. The summed E-state index contributed by atoms with van der Waals surface area (Å²) in [5.41, 5.74) is -2.16. The highest BCUT2D eigenvalue weighted by Gasteiger charge is 2.38. The maximum absolute atomic E-state index is 13.2. The Hall–Kier alpha value is -2.68. The molecule has 10 heteroatoms. The van der Waals surface area contributed by atoms with Crippen LogP contribution < -0.4 is 11.0 Å². The van der Waals surface area contributed by atoms with Gasteiger partial charge in [-0.2, -0.15) is 18.2 Å². The van der Waals surface area contributed by atoms with Crippen LogP contribution in [0.4, 0.5) is 23.4 Å². The van der Waals surface area contributed by atoms with E-state index in [2.05, 4.69) is 15.3 Å². The van der Waals surface area contributed by atoms with E-state index in [9.17, 15) is 22.4 Å². The van der Waals surface area contributed by atoms with Gasteiger partial charge in [0.25, 0.3) is 0 Å². The van der Waals surface area contributed by atoms with Crippen LogP contribution in [0.5, 0.6) is 0 Å². The largest absolute Gasteiger partial charge is 0.433 e. The predicted molar refractivity (Wildman–Crippen MR) is 92.1 cm³/mol. The number of nitrogens with zero attached hydrogens (tertiary/aromatic N) is 3. The van der Waals surface area contributed by atoms with Crippen molar-refractivity contribution < 1.29 is 17.6 Å². The highest BCUT2D eigenvalue weighted by atomic mass is 35.5. The van der Waals surface area contributed by atoms with Crippen molar-refractivity contribution in [1.82, 2.24) is 14.5 Å². The number of para-hydroxylation sites is 1. The SMILES string of the molecule is O=c1nc(N[C@H]2C[C@@H]2F)c2ccc(C(F)(F)F)nc2n1-c1ccccc1Cl. The van der Waals surface area contributed by atoms with Crippen LogP contribution in [0.1, 0.15) is 12.1 Å². The summed E-state index contributed by atoms with van der Waals surface area (Å²) in [6.45, 7) is 0. The molecule has 1 saturated carbocycles. The van der Waals surface area contributed by atoms with Crippen LogP contribution in [0, 0.1) is 0 Å². The minimum atomic E-state index is -4.70.